The number of aromatic amines is 1. The fraction of sp³-hybridized carbons (Fsp3) is 0.346. The summed E-state index contributed by atoms with van der Waals surface area (Å²) in [4.78, 5) is 45.5. The molecule has 3 amide bonds. The lowest BCUT2D eigenvalue weighted by atomic mass is 9.76. The van der Waals surface area contributed by atoms with Crippen LogP contribution in [0.4, 0.5) is 5.69 Å². The molecule has 0 saturated carbocycles. The number of para-hydroxylation sites is 2. The molecule has 0 radical (unpaired) electrons. The number of ether oxygens (including phenoxy) is 1. The topological polar surface area (TPSA) is 104 Å². The van der Waals surface area contributed by atoms with Crippen molar-refractivity contribution in [3.63, 3.8) is 0 Å². The predicted molar refractivity (Wildman–Crippen MR) is 126 cm³/mol. The third kappa shape index (κ3) is 2.69. The minimum absolute atomic E-state index is 0.180. The maximum Gasteiger partial charge on any atom is 0.250 e. The Labute approximate surface area is 196 Å². The molecule has 0 aliphatic carbocycles. The molecule has 3 N–H and O–H groups in total. The van der Waals surface area contributed by atoms with Gasteiger partial charge in [-0.1, -0.05) is 36.4 Å². The summed E-state index contributed by atoms with van der Waals surface area (Å²) in [5, 5.41) is 7.59. The maximum absolute atomic E-state index is 13.7. The highest BCUT2D eigenvalue weighted by atomic mass is 16.5. The van der Waals surface area contributed by atoms with E-state index in [1.54, 1.807) is 0 Å². The van der Waals surface area contributed by atoms with Gasteiger partial charge in [-0.25, -0.2) is 0 Å². The molecule has 2 aromatic carbocycles. The molecule has 34 heavy (non-hydrogen) atoms. The van der Waals surface area contributed by atoms with Crippen LogP contribution in [0, 0.1) is 18.8 Å². The van der Waals surface area contributed by atoms with Gasteiger partial charge < -0.3 is 15.0 Å². The number of nitrogens with one attached hydrogen (secondary N) is 3. The third-order valence-corrected chi connectivity index (χ3v) is 7.68. The Hall–Kier alpha value is -3.49. The van der Waals surface area contributed by atoms with Crippen molar-refractivity contribution < 1.29 is 19.1 Å². The van der Waals surface area contributed by atoms with Gasteiger partial charge in [0.2, 0.25) is 17.7 Å². The zero-order valence-electron chi connectivity index (χ0n) is 19.1. The minimum atomic E-state index is -1.28. The lowest BCUT2D eigenvalue weighted by molar-refractivity contribution is -0.143. The van der Waals surface area contributed by atoms with Gasteiger partial charge in [-0.2, -0.15) is 0 Å². The summed E-state index contributed by atoms with van der Waals surface area (Å²) in [5.41, 5.74) is 3.16. The number of aryl methyl sites for hydroxylation is 1. The quantitative estimate of drug-likeness (QED) is 0.508. The molecule has 2 unspecified atom stereocenters. The van der Waals surface area contributed by atoms with Crippen LogP contribution in [0.5, 0.6) is 0 Å². The summed E-state index contributed by atoms with van der Waals surface area (Å²) in [7, 11) is 1.54. The lowest BCUT2D eigenvalue weighted by Gasteiger charge is -2.29. The first-order valence-corrected chi connectivity index (χ1v) is 11.6. The van der Waals surface area contributed by atoms with E-state index in [0.717, 1.165) is 33.3 Å². The maximum atomic E-state index is 13.7. The molecule has 0 bridgehead atoms. The van der Waals surface area contributed by atoms with Crippen molar-refractivity contribution in [3.8, 4) is 0 Å². The third-order valence-electron chi connectivity index (χ3n) is 7.68. The molecule has 2 saturated heterocycles. The van der Waals surface area contributed by atoms with Gasteiger partial charge in [-0.15, -0.1) is 0 Å². The van der Waals surface area contributed by atoms with E-state index in [-0.39, 0.29) is 36.9 Å². The number of carbonyl (C=O) groups excluding carboxylic acids is 3. The highest BCUT2D eigenvalue weighted by Crippen LogP contribution is 2.53. The van der Waals surface area contributed by atoms with Gasteiger partial charge in [0.1, 0.15) is 5.54 Å². The number of hydrogen-bond acceptors (Lipinski definition) is 5. The average molecular weight is 459 g/mol. The van der Waals surface area contributed by atoms with Crippen LogP contribution >= 0.6 is 0 Å². The number of amides is 3. The van der Waals surface area contributed by atoms with E-state index in [0.29, 0.717) is 6.42 Å². The predicted octanol–water partition coefficient (Wildman–Crippen LogP) is 2.09. The van der Waals surface area contributed by atoms with Gasteiger partial charge in [0, 0.05) is 41.5 Å². The number of rotatable bonds is 5. The fourth-order valence-corrected chi connectivity index (χ4v) is 6.15. The molecule has 3 aromatic rings. The van der Waals surface area contributed by atoms with Crippen LogP contribution in [0.3, 0.4) is 0 Å². The summed E-state index contributed by atoms with van der Waals surface area (Å²) in [6.07, 6.45) is 2.46. The average Bonchev–Trinajstić information content (AvgIpc) is 3.54. The van der Waals surface area contributed by atoms with Gasteiger partial charge in [-0.05, 0) is 30.5 Å². The number of aromatic nitrogens is 1. The first-order valence-electron chi connectivity index (χ1n) is 11.6. The van der Waals surface area contributed by atoms with Crippen LogP contribution in [0.1, 0.15) is 16.7 Å². The molecule has 6 rings (SSSR count). The highest BCUT2D eigenvalue weighted by Gasteiger charge is 2.70. The number of benzene rings is 2. The molecule has 8 heteroatoms. The number of likely N-dealkylation sites (tertiary alicyclic amines) is 1. The van der Waals surface area contributed by atoms with Crippen LogP contribution in [-0.2, 0) is 31.1 Å². The largest absolute Gasteiger partial charge is 0.383 e. The summed E-state index contributed by atoms with van der Waals surface area (Å²) < 4.78 is 5.15. The van der Waals surface area contributed by atoms with E-state index in [1.165, 1.54) is 12.0 Å². The highest BCUT2D eigenvalue weighted by molar-refractivity contribution is 6.15. The van der Waals surface area contributed by atoms with Crippen LogP contribution in [-0.4, -0.2) is 53.9 Å². The zero-order valence-corrected chi connectivity index (χ0v) is 19.1. The molecule has 4 heterocycles. The molecule has 1 spiro atoms. The molecule has 8 nitrogen and oxygen atoms in total. The van der Waals surface area contributed by atoms with E-state index < -0.39 is 17.4 Å². The smallest absolute Gasteiger partial charge is 0.250 e. The van der Waals surface area contributed by atoms with Crippen molar-refractivity contribution in [1.29, 1.82) is 0 Å². The normalized spacial score (nSPS) is 27.6. The fourth-order valence-electron chi connectivity index (χ4n) is 6.15. The van der Waals surface area contributed by atoms with E-state index in [9.17, 15) is 14.4 Å². The van der Waals surface area contributed by atoms with Gasteiger partial charge in [0.05, 0.1) is 25.0 Å². The number of hydrogen-bond donors (Lipinski definition) is 3. The standard InChI is InChI=1S/C26H26N4O4/c1-14-6-5-8-17-22(14)28-25(33)26(17)21-20(23(31)30(24(21)32)10-11-34-2)19(29-26)12-15-13-27-18-9-4-3-7-16(15)18/h3-9,13,19-21,27,29H,10-12H2,1-2H3,(H,28,33)/t19?,20-,21+,26?/m1/s1. The second kappa shape index (κ2) is 7.51. The van der Waals surface area contributed by atoms with E-state index in [2.05, 4.69) is 15.6 Å². The first kappa shape index (κ1) is 21.1. The molecular weight excluding hydrogens is 432 g/mol. The number of nitrogens with zero attached hydrogens (tertiary/aromatic N) is 1. The Morgan fingerprint density at radius 1 is 1.06 bits per heavy atom. The van der Waals surface area contributed by atoms with Crippen molar-refractivity contribution in [2.45, 2.75) is 24.9 Å². The van der Waals surface area contributed by atoms with E-state index >= 15 is 0 Å². The summed E-state index contributed by atoms with van der Waals surface area (Å²) in [5.74, 6) is -2.28. The number of carbonyl (C=O) groups is 3. The molecule has 4 atom stereocenters. The molecule has 174 valence electrons. The molecule has 3 aliphatic rings. The Kier molecular flexibility index (Phi) is 4.65. The number of H-pyrrole nitrogens is 1. The van der Waals surface area contributed by atoms with Gasteiger partial charge in [-0.3, -0.25) is 24.6 Å². The minimum Gasteiger partial charge on any atom is -0.383 e. The van der Waals surface area contributed by atoms with Crippen LogP contribution in [0.25, 0.3) is 10.9 Å². The number of anilines is 1. The van der Waals surface area contributed by atoms with E-state index in [4.69, 9.17) is 4.74 Å². The Morgan fingerprint density at radius 3 is 2.71 bits per heavy atom. The summed E-state index contributed by atoms with van der Waals surface area (Å²) in [6.45, 7) is 2.37. The van der Waals surface area contributed by atoms with E-state index in [1.807, 2.05) is 55.6 Å². The number of imide groups is 1. The summed E-state index contributed by atoms with van der Waals surface area (Å²) >= 11 is 0. The summed E-state index contributed by atoms with van der Waals surface area (Å²) in [6, 6.07) is 13.3. The van der Waals surface area contributed by atoms with Crippen molar-refractivity contribution in [3.05, 3.63) is 65.4 Å². The van der Waals surface area contributed by atoms with Crippen LogP contribution in [0.15, 0.2) is 48.7 Å². The van der Waals surface area contributed by atoms with Gasteiger partial charge >= 0.3 is 0 Å². The van der Waals surface area contributed by atoms with Crippen LogP contribution < -0.4 is 10.6 Å². The Balaban J connectivity index is 1.47. The lowest BCUT2D eigenvalue weighted by Crippen LogP contribution is -2.53. The van der Waals surface area contributed by atoms with Crippen molar-refractivity contribution in [2.75, 3.05) is 25.6 Å². The second-order valence-electron chi connectivity index (χ2n) is 9.40. The van der Waals surface area contributed by atoms with Gasteiger partial charge in [0.25, 0.3) is 0 Å². The van der Waals surface area contributed by atoms with Crippen molar-refractivity contribution in [1.82, 2.24) is 15.2 Å². The number of methoxy groups -OCH3 is 1. The Bertz CT molecular complexity index is 1350. The second-order valence-corrected chi connectivity index (χ2v) is 9.40. The SMILES string of the molecule is COCCN1C(=O)[C@@H]2C(Cc3c[nH]c4ccccc34)NC3(C(=O)Nc4c(C)cccc43)[C@@H]2C1=O. The Morgan fingerprint density at radius 2 is 1.88 bits per heavy atom. The molecular formula is C26H26N4O4. The first-order chi connectivity index (χ1) is 16.5. The molecule has 1 aromatic heterocycles. The van der Waals surface area contributed by atoms with Crippen LogP contribution in [0.2, 0.25) is 0 Å². The zero-order chi connectivity index (χ0) is 23.6. The van der Waals surface area contributed by atoms with Gasteiger partial charge in [0.15, 0.2) is 0 Å². The molecule has 2 fully saturated rings. The number of fused-ring (bicyclic) bond motifs is 5. The van der Waals surface area contributed by atoms with Crippen molar-refractivity contribution in [2.24, 2.45) is 11.8 Å². The molecule has 3 aliphatic heterocycles. The van der Waals surface area contributed by atoms with Crippen molar-refractivity contribution >= 4 is 34.3 Å². The monoisotopic (exact) mass is 458 g/mol.